The van der Waals surface area contributed by atoms with Gasteiger partial charge in [0.1, 0.15) is 36.6 Å². The molecule has 5 rings (SSSR count). The van der Waals surface area contributed by atoms with Crippen molar-refractivity contribution < 1.29 is 59.5 Å². The molecule has 7 N–H and O–H groups in total. The monoisotopic (exact) mass is 648 g/mol. The van der Waals surface area contributed by atoms with E-state index in [9.17, 15) is 40.5 Å². The van der Waals surface area contributed by atoms with Crippen molar-refractivity contribution in [2.75, 3.05) is 39.4 Å². The van der Waals surface area contributed by atoms with Crippen LogP contribution in [0.2, 0.25) is 0 Å². The van der Waals surface area contributed by atoms with E-state index in [-0.39, 0.29) is 45.4 Å². The Labute approximate surface area is 266 Å². The number of amides is 1. The third-order valence-electron chi connectivity index (χ3n) is 8.86. The minimum Gasteiger partial charge on any atom is -0.465 e. The van der Waals surface area contributed by atoms with E-state index in [1.165, 1.54) is 4.90 Å². The number of carbonyl (C=O) groups is 1. The van der Waals surface area contributed by atoms with Crippen molar-refractivity contribution in [3.63, 3.8) is 0 Å². The molecule has 14 heteroatoms. The normalized spacial score (nSPS) is 30.5. The van der Waals surface area contributed by atoms with Gasteiger partial charge in [-0.1, -0.05) is 60.7 Å². The van der Waals surface area contributed by atoms with Crippen molar-refractivity contribution >= 4 is 6.09 Å². The summed E-state index contributed by atoms with van der Waals surface area (Å²) in [6.07, 6.45) is -12.9. The van der Waals surface area contributed by atoms with Gasteiger partial charge >= 0.3 is 6.09 Å². The fraction of sp³-hybridized carbons (Fsp3) is 0.594. The highest BCUT2D eigenvalue weighted by Crippen LogP contribution is 2.31. The summed E-state index contributed by atoms with van der Waals surface area (Å²) in [7, 11) is 0. The van der Waals surface area contributed by atoms with Crippen LogP contribution in [-0.2, 0) is 18.9 Å². The number of rotatable bonds is 11. The van der Waals surface area contributed by atoms with Crippen molar-refractivity contribution in [2.45, 2.75) is 80.3 Å². The number of ether oxygens (including phenoxy) is 4. The van der Waals surface area contributed by atoms with E-state index in [4.69, 9.17) is 18.9 Å². The van der Waals surface area contributed by atoms with Gasteiger partial charge in [0.25, 0.3) is 0 Å². The lowest BCUT2D eigenvalue weighted by atomic mass is 9.96. The SMILES string of the molecule is O=C(O)N1CCC(N(CC(O)C(O)C2OC(c3ccccc3)OCC2O)CC(O)C(O)C2OC(c3ccccc3)OCC2O)CC1. The predicted octanol–water partition coefficient (Wildman–Crippen LogP) is -0.175. The lowest BCUT2D eigenvalue weighted by Crippen LogP contribution is -2.58. The standard InChI is InChI=1S/C32H44N2O12/c35-22(26(39)28-24(37)17-43-30(45-28)19-7-3-1-4-8-19)15-34(21-11-13-33(14-12-21)32(41)42)16-23(36)27(40)29-25(38)18-44-31(46-29)20-9-5-2-6-10-20/h1-10,21-31,35-40H,11-18H2,(H,41,42). The van der Waals surface area contributed by atoms with E-state index in [1.807, 2.05) is 12.1 Å². The van der Waals surface area contributed by atoms with Gasteiger partial charge < -0.3 is 59.6 Å². The van der Waals surface area contributed by atoms with Crippen LogP contribution in [0.3, 0.4) is 0 Å². The molecule has 1 amide bonds. The summed E-state index contributed by atoms with van der Waals surface area (Å²) in [6, 6.07) is 17.6. The Kier molecular flexibility index (Phi) is 12.0. The molecule has 10 unspecified atom stereocenters. The van der Waals surface area contributed by atoms with Crippen molar-refractivity contribution in [1.29, 1.82) is 0 Å². The largest absolute Gasteiger partial charge is 0.465 e. The molecule has 3 heterocycles. The van der Waals surface area contributed by atoms with Gasteiger partial charge in [0.05, 0.1) is 25.4 Å². The van der Waals surface area contributed by atoms with Crippen LogP contribution in [0, 0.1) is 0 Å². The summed E-state index contributed by atoms with van der Waals surface area (Å²) in [5.41, 5.74) is 1.36. The van der Waals surface area contributed by atoms with Crippen LogP contribution in [0.1, 0.15) is 36.5 Å². The maximum atomic E-state index is 11.5. The van der Waals surface area contributed by atoms with Crippen LogP contribution in [0.25, 0.3) is 0 Å². The third kappa shape index (κ3) is 8.40. The molecule has 2 aromatic rings. The molecule has 0 radical (unpaired) electrons. The first-order chi connectivity index (χ1) is 22.1. The molecule has 254 valence electrons. The van der Waals surface area contributed by atoms with Gasteiger partial charge in [-0.15, -0.1) is 0 Å². The Morgan fingerprint density at radius 3 is 1.54 bits per heavy atom. The maximum absolute atomic E-state index is 11.5. The Hall–Kier alpha value is -2.73. The lowest BCUT2D eigenvalue weighted by molar-refractivity contribution is -0.285. The Morgan fingerprint density at radius 1 is 0.739 bits per heavy atom. The molecule has 0 aromatic heterocycles. The molecule has 3 fully saturated rings. The van der Waals surface area contributed by atoms with Crippen LogP contribution in [-0.4, -0.2) is 146 Å². The zero-order valence-electron chi connectivity index (χ0n) is 25.3. The number of hydrogen-bond acceptors (Lipinski definition) is 12. The number of aliphatic hydroxyl groups excluding tert-OH is 6. The summed E-state index contributed by atoms with van der Waals surface area (Å²) >= 11 is 0. The molecule has 0 saturated carbocycles. The van der Waals surface area contributed by atoms with Crippen LogP contribution < -0.4 is 0 Å². The Balaban J connectivity index is 1.27. The topological polar surface area (TPSA) is 202 Å². The number of aliphatic hydroxyl groups is 6. The molecule has 0 aliphatic carbocycles. The first-order valence-corrected chi connectivity index (χ1v) is 15.6. The van der Waals surface area contributed by atoms with Gasteiger partial charge in [-0.25, -0.2) is 4.79 Å². The van der Waals surface area contributed by atoms with Crippen LogP contribution >= 0.6 is 0 Å². The molecule has 2 aromatic carbocycles. The molecule has 0 bridgehead atoms. The molecular weight excluding hydrogens is 604 g/mol. The third-order valence-corrected chi connectivity index (χ3v) is 8.86. The van der Waals surface area contributed by atoms with Crippen molar-refractivity contribution in [3.8, 4) is 0 Å². The summed E-state index contributed by atoms with van der Waals surface area (Å²) in [5.74, 6) is 0. The van der Waals surface area contributed by atoms with E-state index in [2.05, 4.69) is 0 Å². The van der Waals surface area contributed by atoms with E-state index >= 15 is 0 Å². The summed E-state index contributed by atoms with van der Waals surface area (Å²) in [4.78, 5) is 14.5. The van der Waals surface area contributed by atoms with Gasteiger partial charge in [-0.05, 0) is 12.8 Å². The Bertz CT molecular complexity index is 1140. The predicted molar refractivity (Wildman–Crippen MR) is 160 cm³/mol. The van der Waals surface area contributed by atoms with Gasteiger partial charge in [-0.2, -0.15) is 0 Å². The number of likely N-dealkylation sites (tertiary alicyclic amines) is 1. The Morgan fingerprint density at radius 2 is 1.15 bits per heavy atom. The number of hydrogen-bond donors (Lipinski definition) is 7. The van der Waals surface area contributed by atoms with Crippen molar-refractivity contribution in [2.24, 2.45) is 0 Å². The van der Waals surface area contributed by atoms with Gasteiger partial charge in [0, 0.05) is 43.3 Å². The first kappa shape index (κ1) is 34.6. The van der Waals surface area contributed by atoms with Crippen LogP contribution in [0.15, 0.2) is 60.7 Å². The number of carboxylic acid groups (broad SMARTS) is 1. The molecule has 10 atom stereocenters. The molecular formula is C32H44N2O12. The number of benzene rings is 2. The van der Waals surface area contributed by atoms with Crippen molar-refractivity contribution in [1.82, 2.24) is 9.80 Å². The highest BCUT2D eigenvalue weighted by Gasteiger charge is 2.43. The van der Waals surface area contributed by atoms with Gasteiger partial charge in [0.15, 0.2) is 12.6 Å². The molecule has 0 spiro atoms. The van der Waals surface area contributed by atoms with Crippen LogP contribution in [0.5, 0.6) is 0 Å². The zero-order chi connectivity index (χ0) is 32.8. The van der Waals surface area contributed by atoms with E-state index in [1.54, 1.807) is 53.4 Å². The maximum Gasteiger partial charge on any atom is 0.407 e. The molecule has 3 aliphatic heterocycles. The lowest BCUT2D eigenvalue weighted by Gasteiger charge is -2.43. The van der Waals surface area contributed by atoms with Crippen LogP contribution in [0.4, 0.5) is 4.79 Å². The second-order valence-corrected chi connectivity index (χ2v) is 12.1. The minimum atomic E-state index is -1.55. The van der Waals surface area contributed by atoms with E-state index < -0.39 is 67.5 Å². The van der Waals surface area contributed by atoms with Gasteiger partial charge in [-0.3, -0.25) is 4.90 Å². The molecule has 3 aliphatic rings. The first-order valence-electron chi connectivity index (χ1n) is 15.6. The highest BCUT2D eigenvalue weighted by atomic mass is 16.7. The average molecular weight is 649 g/mol. The molecule has 46 heavy (non-hydrogen) atoms. The smallest absolute Gasteiger partial charge is 0.407 e. The molecule has 3 saturated heterocycles. The minimum absolute atomic E-state index is 0.131. The highest BCUT2D eigenvalue weighted by molar-refractivity contribution is 5.65. The second kappa shape index (κ2) is 15.9. The zero-order valence-corrected chi connectivity index (χ0v) is 25.3. The van der Waals surface area contributed by atoms with Crippen molar-refractivity contribution in [3.05, 3.63) is 71.8 Å². The number of piperidine rings is 1. The summed E-state index contributed by atoms with van der Waals surface area (Å²) < 4.78 is 22.9. The van der Waals surface area contributed by atoms with Gasteiger partial charge in [0.2, 0.25) is 0 Å². The fourth-order valence-electron chi connectivity index (χ4n) is 6.22. The molecule has 14 nitrogen and oxygen atoms in total. The summed E-state index contributed by atoms with van der Waals surface area (Å²) in [5, 5.41) is 75.4. The van der Waals surface area contributed by atoms with E-state index in [0.29, 0.717) is 24.0 Å². The number of nitrogens with zero attached hydrogens (tertiary/aromatic N) is 2. The quantitative estimate of drug-likeness (QED) is 0.169. The van der Waals surface area contributed by atoms with E-state index in [0.717, 1.165) is 0 Å². The average Bonchev–Trinajstić information content (AvgIpc) is 3.08. The fourth-order valence-corrected chi connectivity index (χ4v) is 6.22. The summed E-state index contributed by atoms with van der Waals surface area (Å²) in [6.45, 7) is -0.225. The second-order valence-electron chi connectivity index (χ2n) is 12.1.